The van der Waals surface area contributed by atoms with Crippen LogP contribution in [0.5, 0.6) is 5.75 Å². The molecule has 0 spiro atoms. The minimum Gasteiger partial charge on any atom is -0.437 e. The number of benzene rings is 2. The van der Waals surface area contributed by atoms with Crippen molar-refractivity contribution in [3.63, 3.8) is 0 Å². The number of aliphatic hydroxyl groups excluding tert-OH is 1. The van der Waals surface area contributed by atoms with Crippen LogP contribution in [-0.4, -0.2) is 11.7 Å². The van der Waals surface area contributed by atoms with Crippen LogP contribution in [0.2, 0.25) is 0 Å². The Kier molecular flexibility index (Phi) is 3.02. The van der Waals surface area contributed by atoms with Crippen molar-refractivity contribution < 1.29 is 14.2 Å². The summed E-state index contributed by atoms with van der Waals surface area (Å²) < 4.78 is 18.7. The van der Waals surface area contributed by atoms with Crippen molar-refractivity contribution in [3.8, 4) is 16.9 Å². The lowest BCUT2D eigenvalue weighted by Gasteiger charge is -2.26. The maximum Gasteiger partial charge on any atom is 0.300 e. The molecule has 1 atom stereocenters. The Hall–Kier alpha value is -1.83. The SMILES string of the molecule is O=P1(/C=C/CO)Oc2ccccc2-c2ccccc21. The van der Waals surface area contributed by atoms with Crippen LogP contribution in [0.1, 0.15) is 0 Å². The number of para-hydroxylation sites is 1. The first-order valence-electron chi connectivity index (χ1n) is 6.01. The van der Waals surface area contributed by atoms with Gasteiger partial charge in [-0.05, 0) is 17.7 Å². The summed E-state index contributed by atoms with van der Waals surface area (Å²) in [6.45, 7) is -0.156. The predicted molar refractivity (Wildman–Crippen MR) is 76.0 cm³/mol. The zero-order valence-corrected chi connectivity index (χ0v) is 11.1. The molecule has 3 rings (SSSR count). The lowest BCUT2D eigenvalue weighted by atomic mass is 10.0. The molecule has 1 N–H and O–H groups in total. The van der Waals surface area contributed by atoms with Crippen LogP contribution in [0, 0.1) is 0 Å². The Morgan fingerprint density at radius 1 is 1.05 bits per heavy atom. The molecule has 0 aliphatic carbocycles. The first-order chi connectivity index (χ1) is 9.24. The van der Waals surface area contributed by atoms with Crippen molar-refractivity contribution >= 4 is 12.7 Å². The molecule has 0 aromatic heterocycles. The normalized spacial score (nSPS) is 20.7. The smallest absolute Gasteiger partial charge is 0.300 e. The van der Waals surface area contributed by atoms with Gasteiger partial charge in [0.2, 0.25) is 0 Å². The molecule has 1 unspecified atom stereocenters. The Labute approximate surface area is 111 Å². The number of rotatable bonds is 2. The summed E-state index contributed by atoms with van der Waals surface area (Å²) in [5, 5.41) is 9.57. The molecule has 1 aliphatic rings. The van der Waals surface area contributed by atoms with Crippen LogP contribution in [0.15, 0.2) is 60.4 Å². The van der Waals surface area contributed by atoms with Crippen molar-refractivity contribution in [1.29, 1.82) is 0 Å². The van der Waals surface area contributed by atoms with E-state index in [1.807, 2.05) is 48.5 Å². The Balaban J connectivity index is 2.25. The molecule has 1 heterocycles. The molecule has 0 radical (unpaired) electrons. The molecule has 1 aliphatic heterocycles. The zero-order chi connectivity index (χ0) is 13.3. The second-order valence-corrected chi connectivity index (χ2v) is 6.43. The maximum atomic E-state index is 13.0. The van der Waals surface area contributed by atoms with Gasteiger partial charge in [-0.1, -0.05) is 42.5 Å². The topological polar surface area (TPSA) is 46.5 Å². The van der Waals surface area contributed by atoms with Crippen LogP contribution >= 0.6 is 7.37 Å². The van der Waals surface area contributed by atoms with Gasteiger partial charge < -0.3 is 9.63 Å². The van der Waals surface area contributed by atoms with Gasteiger partial charge in [-0.25, -0.2) is 0 Å². The second kappa shape index (κ2) is 4.69. The quantitative estimate of drug-likeness (QED) is 0.854. The van der Waals surface area contributed by atoms with Gasteiger partial charge in [-0.3, -0.25) is 4.57 Å². The van der Waals surface area contributed by atoms with Crippen LogP contribution in [0.4, 0.5) is 0 Å². The van der Waals surface area contributed by atoms with Gasteiger partial charge in [0.1, 0.15) is 5.75 Å². The average Bonchev–Trinajstić information content (AvgIpc) is 2.46. The third kappa shape index (κ3) is 2.01. The fourth-order valence-electron chi connectivity index (χ4n) is 2.23. The highest BCUT2D eigenvalue weighted by Gasteiger charge is 2.33. The van der Waals surface area contributed by atoms with Gasteiger partial charge in [0.15, 0.2) is 0 Å². The monoisotopic (exact) mass is 272 g/mol. The third-order valence-corrected chi connectivity index (χ3v) is 5.19. The molecule has 0 amide bonds. The van der Waals surface area contributed by atoms with Crippen LogP contribution < -0.4 is 9.83 Å². The van der Waals surface area contributed by atoms with E-state index >= 15 is 0 Å². The maximum absolute atomic E-state index is 13.0. The molecular weight excluding hydrogens is 259 g/mol. The molecular formula is C15H13O3P. The molecule has 0 saturated carbocycles. The first-order valence-corrected chi connectivity index (χ1v) is 7.71. The first kappa shape index (κ1) is 12.2. The van der Waals surface area contributed by atoms with E-state index < -0.39 is 7.37 Å². The Morgan fingerprint density at radius 3 is 2.53 bits per heavy atom. The zero-order valence-electron chi connectivity index (χ0n) is 10.2. The molecule has 96 valence electrons. The van der Waals surface area contributed by atoms with E-state index in [1.165, 1.54) is 11.9 Å². The molecule has 0 bridgehead atoms. The van der Waals surface area contributed by atoms with E-state index in [1.54, 1.807) is 0 Å². The summed E-state index contributed by atoms with van der Waals surface area (Å²) in [5.74, 6) is 2.09. The van der Waals surface area contributed by atoms with Crippen molar-refractivity contribution in [2.75, 3.05) is 6.61 Å². The van der Waals surface area contributed by atoms with Crippen molar-refractivity contribution in [1.82, 2.24) is 0 Å². The standard InChI is InChI=1S/C15H13O3P/c16-10-5-11-19(17)15-9-4-2-7-13(15)12-6-1-3-8-14(12)18-19/h1-9,11,16H,10H2/b11-5+. The van der Waals surface area contributed by atoms with E-state index in [2.05, 4.69) is 0 Å². The summed E-state index contributed by atoms with van der Waals surface area (Å²) in [6.07, 6.45) is 1.46. The van der Waals surface area contributed by atoms with Crippen molar-refractivity contribution in [2.24, 2.45) is 0 Å². The fourth-order valence-corrected chi connectivity index (χ4v) is 4.20. The Morgan fingerprint density at radius 2 is 1.74 bits per heavy atom. The van der Waals surface area contributed by atoms with E-state index in [0.29, 0.717) is 11.1 Å². The summed E-state index contributed by atoms with van der Waals surface area (Å²) in [6, 6.07) is 15.1. The molecule has 0 saturated heterocycles. The summed E-state index contributed by atoms with van der Waals surface area (Å²) in [4.78, 5) is 0. The summed E-state index contributed by atoms with van der Waals surface area (Å²) in [5.41, 5.74) is 1.87. The largest absolute Gasteiger partial charge is 0.437 e. The predicted octanol–water partition coefficient (Wildman–Crippen LogP) is 3.16. The van der Waals surface area contributed by atoms with Gasteiger partial charge >= 0.3 is 0 Å². The minimum atomic E-state index is -3.09. The molecule has 4 heteroatoms. The number of hydrogen-bond donors (Lipinski definition) is 1. The number of hydrogen-bond acceptors (Lipinski definition) is 3. The lowest BCUT2D eigenvalue weighted by molar-refractivity contribution is 0.342. The second-order valence-electron chi connectivity index (χ2n) is 4.27. The molecule has 3 nitrogen and oxygen atoms in total. The van der Waals surface area contributed by atoms with E-state index in [9.17, 15) is 4.57 Å². The molecule has 2 aromatic rings. The van der Waals surface area contributed by atoms with E-state index in [-0.39, 0.29) is 6.61 Å². The fraction of sp³-hybridized carbons (Fsp3) is 0.0667. The van der Waals surface area contributed by atoms with Crippen LogP contribution in [0.25, 0.3) is 11.1 Å². The average molecular weight is 272 g/mol. The highest BCUT2D eigenvalue weighted by Crippen LogP contribution is 2.55. The van der Waals surface area contributed by atoms with Gasteiger partial charge in [0.25, 0.3) is 7.37 Å². The van der Waals surface area contributed by atoms with Crippen LogP contribution in [0.3, 0.4) is 0 Å². The van der Waals surface area contributed by atoms with E-state index in [0.717, 1.165) is 11.1 Å². The number of aliphatic hydroxyl groups is 1. The van der Waals surface area contributed by atoms with Gasteiger partial charge in [0.05, 0.1) is 11.9 Å². The van der Waals surface area contributed by atoms with Gasteiger partial charge in [0, 0.05) is 11.4 Å². The van der Waals surface area contributed by atoms with Crippen LogP contribution in [-0.2, 0) is 4.57 Å². The molecule has 2 aromatic carbocycles. The lowest BCUT2D eigenvalue weighted by Crippen LogP contribution is -2.16. The molecule has 0 fully saturated rings. The summed E-state index contributed by atoms with van der Waals surface area (Å²) in [7, 11) is -3.09. The third-order valence-electron chi connectivity index (χ3n) is 3.06. The highest BCUT2D eigenvalue weighted by molar-refractivity contribution is 7.70. The van der Waals surface area contributed by atoms with Gasteiger partial charge in [-0.15, -0.1) is 0 Å². The van der Waals surface area contributed by atoms with Crippen molar-refractivity contribution in [2.45, 2.75) is 0 Å². The summed E-state index contributed by atoms with van der Waals surface area (Å²) >= 11 is 0. The minimum absolute atomic E-state index is 0.156. The highest BCUT2D eigenvalue weighted by atomic mass is 31.2. The molecule has 19 heavy (non-hydrogen) atoms. The van der Waals surface area contributed by atoms with Gasteiger partial charge in [-0.2, -0.15) is 0 Å². The van der Waals surface area contributed by atoms with E-state index in [4.69, 9.17) is 9.63 Å². The van der Waals surface area contributed by atoms with Crippen molar-refractivity contribution in [3.05, 3.63) is 60.4 Å². The Bertz CT molecular complexity index is 691. The number of fused-ring (bicyclic) bond motifs is 3.